The summed E-state index contributed by atoms with van der Waals surface area (Å²) in [7, 11) is -4.06. The largest absolute Gasteiger partial charge is 0.417 e. The zero-order valence-electron chi connectivity index (χ0n) is 25.1. The number of hydrogen-bond acceptors (Lipinski definition) is 9. The molecule has 1 amide bonds. The summed E-state index contributed by atoms with van der Waals surface area (Å²) in [6.45, 7) is 9.17. The molecule has 4 rings (SSSR count). The zero-order valence-corrected chi connectivity index (χ0v) is 27.5. The zero-order chi connectivity index (χ0) is 32.9. The molecule has 45 heavy (non-hydrogen) atoms. The van der Waals surface area contributed by atoms with E-state index in [0.29, 0.717) is 20.6 Å². The lowest BCUT2D eigenvalue weighted by Crippen LogP contribution is -2.40. The minimum Gasteiger partial charge on any atom is -0.410 e. The second-order valence-corrected chi connectivity index (χ2v) is 14.3. The van der Waals surface area contributed by atoms with Gasteiger partial charge in [-0.05, 0) is 95.4 Å². The number of hydrogen-bond donors (Lipinski definition) is 4. The maximum absolute atomic E-state index is 13.6. The molecule has 0 spiro atoms. The Hall–Kier alpha value is -4.44. The second kappa shape index (κ2) is 13.7. The van der Waals surface area contributed by atoms with Gasteiger partial charge >= 0.3 is 6.09 Å². The number of nitro benzene ring substituents is 1. The summed E-state index contributed by atoms with van der Waals surface area (Å²) < 4.78 is 35.0. The minimum absolute atomic E-state index is 0.0635. The molecular weight excluding hydrogens is 637 g/mol. The van der Waals surface area contributed by atoms with Crippen LogP contribution in [-0.2, 0) is 10.0 Å². The van der Waals surface area contributed by atoms with E-state index < -0.39 is 26.6 Å². The average molecular weight is 669 g/mol. The molecule has 15 heteroatoms. The Bertz CT molecular complexity index is 1820. The van der Waals surface area contributed by atoms with Gasteiger partial charge in [0.05, 0.1) is 14.7 Å². The summed E-state index contributed by atoms with van der Waals surface area (Å²) in [5.74, 6) is 0.0768. The van der Waals surface area contributed by atoms with Crippen LogP contribution in [0.4, 0.5) is 21.9 Å². The Morgan fingerprint density at radius 1 is 1.00 bits per heavy atom. The molecule has 3 aromatic carbocycles. The number of thiazole rings is 1. The van der Waals surface area contributed by atoms with E-state index in [1.54, 1.807) is 39.1 Å². The minimum atomic E-state index is -4.06. The summed E-state index contributed by atoms with van der Waals surface area (Å²) >= 11 is 6.63. The predicted octanol–water partition coefficient (Wildman–Crippen LogP) is 6.77. The Labute approximate surface area is 270 Å². The molecule has 0 atom stereocenters. The second-order valence-electron chi connectivity index (χ2n) is 11.2. The van der Waals surface area contributed by atoms with Crippen LogP contribution >= 0.6 is 23.6 Å². The van der Waals surface area contributed by atoms with Gasteiger partial charge in [-0.15, -0.1) is 11.3 Å². The number of carbonyl (C=O) groups excluding carboxylic acids is 1. The van der Waals surface area contributed by atoms with Crippen LogP contribution in [0.5, 0.6) is 5.75 Å². The molecule has 0 saturated carbocycles. The van der Waals surface area contributed by atoms with Gasteiger partial charge < -0.3 is 15.4 Å². The van der Waals surface area contributed by atoms with Gasteiger partial charge in [-0.2, -0.15) is 0 Å². The van der Waals surface area contributed by atoms with Crippen molar-refractivity contribution in [1.82, 2.24) is 15.0 Å². The van der Waals surface area contributed by atoms with Crippen molar-refractivity contribution in [2.24, 2.45) is 0 Å². The fraction of sp³-hybridized carbons (Fsp3) is 0.233. The highest BCUT2D eigenvalue weighted by molar-refractivity contribution is 7.89. The van der Waals surface area contributed by atoms with Crippen LogP contribution in [0.15, 0.2) is 77.8 Å². The van der Waals surface area contributed by atoms with E-state index in [9.17, 15) is 23.3 Å². The third-order valence-corrected chi connectivity index (χ3v) is 8.89. The molecule has 1 heterocycles. The Morgan fingerprint density at radius 3 is 2.24 bits per heavy atom. The van der Waals surface area contributed by atoms with Gasteiger partial charge in [0.1, 0.15) is 10.8 Å². The Morgan fingerprint density at radius 2 is 1.64 bits per heavy atom. The Kier molecular flexibility index (Phi) is 10.2. The van der Waals surface area contributed by atoms with Gasteiger partial charge in [-0.25, -0.2) is 22.9 Å². The van der Waals surface area contributed by atoms with E-state index in [0.717, 1.165) is 11.3 Å². The van der Waals surface area contributed by atoms with E-state index >= 15 is 0 Å². The lowest BCUT2D eigenvalue weighted by molar-refractivity contribution is -0.384. The molecule has 0 aliphatic rings. The predicted molar refractivity (Wildman–Crippen MR) is 180 cm³/mol. The summed E-state index contributed by atoms with van der Waals surface area (Å²) in [6.07, 6.45) is 0.706. The molecule has 0 saturated heterocycles. The number of carbonyl (C=O) groups is 1. The van der Waals surface area contributed by atoms with Gasteiger partial charge in [-0.1, -0.05) is 6.07 Å². The number of benzene rings is 3. The number of non-ortho nitro benzene ring substituents is 1. The van der Waals surface area contributed by atoms with Crippen LogP contribution in [-0.4, -0.2) is 41.1 Å². The van der Waals surface area contributed by atoms with Crippen LogP contribution < -0.4 is 25.4 Å². The highest BCUT2D eigenvalue weighted by atomic mass is 32.2. The molecule has 0 aliphatic carbocycles. The van der Waals surface area contributed by atoms with Gasteiger partial charge in [0, 0.05) is 52.4 Å². The van der Waals surface area contributed by atoms with Crippen molar-refractivity contribution in [3.05, 3.63) is 83.0 Å². The average Bonchev–Trinajstić information content (AvgIpc) is 3.42. The normalized spacial score (nSPS) is 11.6. The summed E-state index contributed by atoms with van der Waals surface area (Å²) in [5.41, 5.74) is 1.27. The summed E-state index contributed by atoms with van der Waals surface area (Å²) in [6, 6.07) is 17.2. The van der Waals surface area contributed by atoms with E-state index in [1.807, 2.05) is 38.1 Å². The first-order valence-corrected chi connectivity index (χ1v) is 16.4. The number of nitro groups is 1. The van der Waals surface area contributed by atoms with Crippen molar-refractivity contribution in [3.8, 4) is 26.8 Å². The fourth-order valence-corrected chi connectivity index (χ4v) is 7.07. The number of nitrogens with zero attached hydrogens (tertiary/aromatic N) is 2. The number of ether oxygens (including phenoxy) is 1. The van der Waals surface area contributed by atoms with Gasteiger partial charge in [-0.3, -0.25) is 15.4 Å². The first kappa shape index (κ1) is 33.5. The number of anilines is 2. The smallest absolute Gasteiger partial charge is 0.410 e. The molecule has 236 valence electrons. The van der Waals surface area contributed by atoms with E-state index in [4.69, 9.17) is 17.0 Å². The van der Waals surface area contributed by atoms with Gasteiger partial charge in [0.2, 0.25) is 10.0 Å². The van der Waals surface area contributed by atoms with Gasteiger partial charge in [0.25, 0.3) is 5.69 Å². The van der Waals surface area contributed by atoms with E-state index in [-0.39, 0.29) is 28.1 Å². The molecule has 0 radical (unpaired) electrons. The lowest BCUT2D eigenvalue weighted by atomic mass is 10.1. The van der Waals surface area contributed by atoms with Crippen molar-refractivity contribution >= 4 is 61.8 Å². The molecule has 4 N–H and O–H groups in total. The maximum atomic E-state index is 13.6. The van der Waals surface area contributed by atoms with Crippen molar-refractivity contribution in [2.75, 3.05) is 10.6 Å². The topological polar surface area (TPSA) is 165 Å². The van der Waals surface area contributed by atoms with Crippen molar-refractivity contribution in [3.63, 3.8) is 0 Å². The molecule has 12 nitrogen and oxygen atoms in total. The number of thiocarbonyl (C=S) groups is 1. The number of amides is 1. The molecule has 0 fully saturated rings. The number of aromatic nitrogens is 1. The highest BCUT2D eigenvalue weighted by Crippen LogP contribution is 2.37. The van der Waals surface area contributed by atoms with Gasteiger partial charge in [0.15, 0.2) is 5.11 Å². The first-order chi connectivity index (χ1) is 21.1. The maximum Gasteiger partial charge on any atom is 0.417 e. The monoisotopic (exact) mass is 668 g/mol. The Balaban J connectivity index is 1.60. The molecular formula is C30H32N6O6S3. The van der Waals surface area contributed by atoms with E-state index in [2.05, 4.69) is 25.7 Å². The standard InChI is InChI=1S/C30H32N6O6S3/c1-18(2)32-28(43)33-20-8-6-19(7-9-20)27-31-17-25(44-27)24-15-10-21(16-26(24)45(40,41)35-30(3,4)5)34-29(37)42-23-13-11-22(12-14-23)36(38)39/h6-18,35H,1-5H3,(H,34,37)(H2,32,33,43). The van der Waals surface area contributed by atoms with Crippen molar-refractivity contribution < 1.29 is 22.9 Å². The molecule has 0 bridgehead atoms. The van der Waals surface area contributed by atoms with Crippen molar-refractivity contribution in [1.29, 1.82) is 0 Å². The lowest BCUT2D eigenvalue weighted by Gasteiger charge is -2.22. The number of rotatable bonds is 9. The van der Waals surface area contributed by atoms with Crippen molar-refractivity contribution in [2.45, 2.75) is 51.1 Å². The SMILES string of the molecule is CC(C)NC(=S)Nc1ccc(-c2ncc(-c3ccc(NC(=O)Oc4ccc([N+](=O)[O-])cc4)cc3S(=O)(=O)NC(C)(C)C)s2)cc1. The van der Waals surface area contributed by atoms with Crippen LogP contribution in [0.25, 0.3) is 21.0 Å². The third-order valence-electron chi connectivity index (χ3n) is 5.80. The first-order valence-electron chi connectivity index (χ1n) is 13.6. The molecule has 1 aromatic heterocycles. The van der Waals surface area contributed by atoms with Crippen LogP contribution in [0.1, 0.15) is 34.6 Å². The number of nitrogens with one attached hydrogen (secondary N) is 4. The third kappa shape index (κ3) is 9.28. The molecule has 0 unspecified atom stereocenters. The van der Waals surface area contributed by atoms with Crippen LogP contribution in [0.3, 0.4) is 0 Å². The van der Waals surface area contributed by atoms with Crippen LogP contribution in [0.2, 0.25) is 0 Å². The summed E-state index contributed by atoms with van der Waals surface area (Å²) in [5, 5.41) is 20.8. The number of sulfonamides is 1. The van der Waals surface area contributed by atoms with E-state index in [1.165, 1.54) is 41.7 Å². The summed E-state index contributed by atoms with van der Waals surface area (Å²) in [4.78, 5) is 28.0. The quantitative estimate of drug-likeness (QED) is 0.0850. The molecule has 0 aliphatic heterocycles. The highest BCUT2D eigenvalue weighted by Gasteiger charge is 2.27. The fourth-order valence-electron chi connectivity index (χ4n) is 4.03. The van der Waals surface area contributed by atoms with Crippen LogP contribution in [0, 0.1) is 10.1 Å². The molecule has 4 aromatic rings.